The number of ether oxygens (including phenoxy) is 7. The van der Waals surface area contributed by atoms with Crippen LogP contribution in [0.15, 0.2) is 48.5 Å². The first-order chi connectivity index (χ1) is 26.0. The molecule has 2 N–H and O–H groups in total. The van der Waals surface area contributed by atoms with Crippen LogP contribution in [0.5, 0.6) is 11.5 Å². The Bertz CT molecular complexity index is 1380. The molecule has 0 unspecified atom stereocenters. The van der Waals surface area contributed by atoms with Gasteiger partial charge in [0.2, 0.25) is 0 Å². The molecule has 2 atom stereocenters. The number of carbonyl (C=O) groups is 2. The summed E-state index contributed by atoms with van der Waals surface area (Å²) >= 11 is 0. The topological polar surface area (TPSA) is 137 Å². The summed E-state index contributed by atoms with van der Waals surface area (Å²) in [7, 11) is 4.71. The average Bonchev–Trinajstić information content (AvgIpc) is 3.76. The molecule has 54 heavy (non-hydrogen) atoms. The maximum absolute atomic E-state index is 12.4. The molecule has 0 radical (unpaired) electrons. The Morgan fingerprint density at radius 3 is 1.37 bits per heavy atom. The van der Waals surface area contributed by atoms with E-state index >= 15 is 0 Å². The molecule has 0 aliphatic carbocycles. The molecule has 1 amide bonds. The number of nitrogens with one attached hydrogen (secondary N) is 1. The van der Waals surface area contributed by atoms with Crippen molar-refractivity contribution in [2.45, 2.75) is 103 Å². The molecule has 0 saturated carbocycles. The molecule has 4 fully saturated rings. The van der Waals surface area contributed by atoms with Gasteiger partial charge in [-0.2, -0.15) is 0 Å². The van der Waals surface area contributed by atoms with Crippen molar-refractivity contribution in [1.29, 1.82) is 0 Å². The maximum atomic E-state index is 12.4. The minimum atomic E-state index is -0.794. The van der Waals surface area contributed by atoms with E-state index in [0.717, 1.165) is 48.3 Å². The Labute approximate surface area is 320 Å². The smallest absolute Gasteiger partial charge is 0.323 e. The van der Waals surface area contributed by atoms with Crippen molar-refractivity contribution < 1.29 is 48.0 Å². The highest BCUT2D eigenvalue weighted by atomic mass is 16.7. The number of nitrogens with zero attached hydrogens (tertiary/aromatic N) is 2. The van der Waals surface area contributed by atoms with E-state index in [9.17, 15) is 9.59 Å². The molecule has 0 bridgehead atoms. The van der Waals surface area contributed by atoms with E-state index in [-0.39, 0.29) is 22.8 Å². The van der Waals surface area contributed by atoms with Crippen molar-refractivity contribution >= 4 is 11.9 Å². The number of hydrogen-bond donors (Lipinski definition) is 2. The first-order valence-electron chi connectivity index (χ1n) is 19.3. The van der Waals surface area contributed by atoms with Gasteiger partial charge in [0.05, 0.1) is 66.9 Å². The Morgan fingerprint density at radius 2 is 1.04 bits per heavy atom. The van der Waals surface area contributed by atoms with Gasteiger partial charge in [0.15, 0.2) is 11.6 Å². The Kier molecular flexibility index (Phi) is 14.0. The van der Waals surface area contributed by atoms with Crippen LogP contribution in [0.4, 0.5) is 0 Å². The van der Waals surface area contributed by atoms with Crippen LogP contribution in [-0.4, -0.2) is 111 Å². The largest absolute Gasteiger partial charge is 0.497 e. The van der Waals surface area contributed by atoms with Crippen LogP contribution in [0.25, 0.3) is 0 Å². The third kappa shape index (κ3) is 9.38. The molecule has 13 heteroatoms. The third-order valence-corrected chi connectivity index (χ3v) is 12.3. The Morgan fingerprint density at radius 1 is 0.667 bits per heavy atom. The molecule has 300 valence electrons. The van der Waals surface area contributed by atoms with E-state index in [2.05, 4.69) is 32.6 Å². The van der Waals surface area contributed by atoms with Gasteiger partial charge < -0.3 is 33.2 Å². The highest BCUT2D eigenvalue weighted by Crippen LogP contribution is 2.43. The van der Waals surface area contributed by atoms with Crippen molar-refractivity contribution in [1.82, 2.24) is 15.3 Å². The van der Waals surface area contributed by atoms with Crippen LogP contribution in [-0.2, 0) is 46.4 Å². The first-order valence-corrected chi connectivity index (χ1v) is 19.3. The summed E-state index contributed by atoms with van der Waals surface area (Å²) in [5.74, 6) is -0.589. The zero-order valence-corrected chi connectivity index (χ0v) is 33.2. The van der Waals surface area contributed by atoms with Gasteiger partial charge in [-0.05, 0) is 61.1 Å². The molecule has 13 nitrogen and oxygen atoms in total. The molecular weight excluding hydrogens is 694 g/mol. The SMILES string of the molecule is CCC1(CC)COC2(C[C@H](C(=O)NO)N(Cc3ccc(OC)cc3)C2)OC1.CCC1(CC)COC2(C[C@H](C(=O)OC)N(Cc3ccc(OC)cc3)C2)OC1. The van der Waals surface area contributed by atoms with Crippen LogP contribution < -0.4 is 15.0 Å². The van der Waals surface area contributed by atoms with Gasteiger partial charge in [0.25, 0.3) is 5.91 Å². The Balaban J connectivity index is 0.000000208. The minimum absolute atomic E-state index is 0.0450. The summed E-state index contributed by atoms with van der Waals surface area (Å²) in [6, 6.07) is 14.7. The second-order valence-corrected chi connectivity index (χ2v) is 15.3. The van der Waals surface area contributed by atoms with Crippen LogP contribution in [0.1, 0.15) is 77.3 Å². The van der Waals surface area contributed by atoms with Crippen LogP contribution in [0, 0.1) is 10.8 Å². The van der Waals surface area contributed by atoms with Crippen LogP contribution in [0.3, 0.4) is 0 Å². The van der Waals surface area contributed by atoms with E-state index in [1.54, 1.807) is 19.7 Å². The lowest BCUT2D eigenvalue weighted by Crippen LogP contribution is -2.50. The first kappa shape index (κ1) is 41.9. The number of methoxy groups -OCH3 is 3. The van der Waals surface area contributed by atoms with Gasteiger partial charge in [0.1, 0.15) is 17.5 Å². The van der Waals surface area contributed by atoms with Gasteiger partial charge in [0, 0.05) is 36.8 Å². The highest BCUT2D eigenvalue weighted by molar-refractivity contribution is 5.81. The van der Waals surface area contributed by atoms with Gasteiger partial charge >= 0.3 is 5.97 Å². The number of esters is 1. The van der Waals surface area contributed by atoms with E-state index < -0.39 is 23.5 Å². The summed E-state index contributed by atoms with van der Waals surface area (Å²) in [6.07, 6.45) is 4.94. The molecule has 0 aromatic heterocycles. The predicted molar refractivity (Wildman–Crippen MR) is 201 cm³/mol. The van der Waals surface area contributed by atoms with Crippen LogP contribution >= 0.6 is 0 Å². The standard InChI is InChI=1S/C21H31NO5.C20H30N2O5/c1-5-20(6-2)14-26-21(27-15-20)11-18(19(23)25-4)22(13-21)12-16-7-9-17(24-3)10-8-16;1-4-19(5-2)13-26-20(27-14-19)10-17(18(23)21-24)22(12-20)11-15-6-8-16(25-3)9-7-15/h7-10,18H,5-6,11-15H2,1-4H3;6-9,17,24H,4-5,10-14H2,1-3H3,(H,21,23)/t18-;17-/m11/s1. The summed E-state index contributed by atoms with van der Waals surface area (Å²) in [5, 5.41) is 9.17. The monoisotopic (exact) mass is 755 g/mol. The summed E-state index contributed by atoms with van der Waals surface area (Å²) < 4.78 is 40.4. The highest BCUT2D eigenvalue weighted by Gasteiger charge is 2.54. The number of hydrogen-bond acceptors (Lipinski definition) is 12. The fourth-order valence-corrected chi connectivity index (χ4v) is 7.82. The fourth-order valence-electron chi connectivity index (χ4n) is 7.82. The van der Waals surface area contributed by atoms with Gasteiger partial charge in [-0.1, -0.05) is 52.0 Å². The summed E-state index contributed by atoms with van der Waals surface area (Å²) in [6.45, 7) is 13.5. The summed E-state index contributed by atoms with van der Waals surface area (Å²) in [4.78, 5) is 28.7. The number of amides is 1. The zero-order chi connectivity index (χ0) is 39.0. The number of carbonyl (C=O) groups excluding carboxylic acids is 2. The van der Waals surface area contributed by atoms with Crippen molar-refractivity contribution in [3.05, 3.63) is 59.7 Å². The second-order valence-electron chi connectivity index (χ2n) is 15.3. The molecule has 2 spiro atoms. The van der Waals surface area contributed by atoms with Gasteiger partial charge in [-0.15, -0.1) is 0 Å². The molecule has 2 aromatic rings. The quantitative estimate of drug-likeness (QED) is 0.165. The molecule has 4 heterocycles. The minimum Gasteiger partial charge on any atom is -0.497 e. The zero-order valence-electron chi connectivity index (χ0n) is 33.2. The predicted octanol–water partition coefficient (Wildman–Crippen LogP) is 5.32. The van der Waals surface area contributed by atoms with Crippen molar-refractivity contribution in [3.63, 3.8) is 0 Å². The van der Waals surface area contributed by atoms with E-state index in [4.69, 9.17) is 38.4 Å². The molecule has 4 saturated heterocycles. The Hall–Kier alpha value is -3.30. The molecule has 6 rings (SSSR count). The van der Waals surface area contributed by atoms with Gasteiger partial charge in [-0.25, -0.2) is 5.48 Å². The van der Waals surface area contributed by atoms with E-state index in [1.807, 2.05) is 53.4 Å². The molecule has 2 aromatic carbocycles. The average molecular weight is 756 g/mol. The van der Waals surface area contributed by atoms with E-state index in [0.29, 0.717) is 65.4 Å². The van der Waals surface area contributed by atoms with Crippen molar-refractivity contribution in [2.24, 2.45) is 10.8 Å². The van der Waals surface area contributed by atoms with E-state index in [1.165, 1.54) is 7.11 Å². The number of hydroxylamine groups is 1. The number of rotatable bonds is 12. The van der Waals surface area contributed by atoms with Crippen molar-refractivity contribution in [3.8, 4) is 11.5 Å². The summed E-state index contributed by atoms with van der Waals surface area (Å²) in [5.41, 5.74) is 4.07. The molecular formula is C41H61N3O10. The fraction of sp³-hybridized carbons (Fsp3) is 0.659. The number of benzene rings is 2. The lowest BCUT2D eigenvalue weighted by molar-refractivity contribution is -0.297. The van der Waals surface area contributed by atoms with Gasteiger partial charge in [-0.3, -0.25) is 24.6 Å². The maximum Gasteiger partial charge on any atom is 0.323 e. The molecule has 4 aliphatic rings. The molecule has 4 aliphatic heterocycles. The van der Waals surface area contributed by atoms with Crippen molar-refractivity contribution in [2.75, 3.05) is 60.8 Å². The normalized spacial score (nSPS) is 24.1. The van der Waals surface area contributed by atoms with Crippen LogP contribution in [0.2, 0.25) is 0 Å². The third-order valence-electron chi connectivity index (χ3n) is 12.3. The lowest BCUT2D eigenvalue weighted by Gasteiger charge is -2.44. The second kappa shape index (κ2) is 18.1. The lowest BCUT2D eigenvalue weighted by atomic mass is 9.83. The number of likely N-dealkylation sites (tertiary alicyclic amines) is 2.